The van der Waals surface area contributed by atoms with Crippen LogP contribution in [0.4, 0.5) is 0 Å². The molecule has 0 rings (SSSR count). The Bertz CT molecular complexity index is 185. The van der Waals surface area contributed by atoms with E-state index in [0.717, 1.165) is 13.1 Å². The molecule has 0 heterocycles. The smallest absolute Gasteiger partial charge is 0.224 e. The number of rotatable bonds is 5. The molecule has 0 atom stereocenters. The Kier molecular flexibility index (Phi) is 4.63. The van der Waals surface area contributed by atoms with Gasteiger partial charge in [0.15, 0.2) is 0 Å². The van der Waals surface area contributed by atoms with E-state index in [1.54, 1.807) is 0 Å². The molecule has 5 heteroatoms. The zero-order chi connectivity index (χ0) is 8.91. The monoisotopic (exact) mass is 180 g/mol. The summed E-state index contributed by atoms with van der Waals surface area (Å²) >= 11 is 0. The lowest BCUT2D eigenvalue weighted by Crippen LogP contribution is -2.35. The Hall–Kier alpha value is -0.130. The fraction of sp³-hybridized carbons (Fsp3) is 1.00. The molecular weight excluding hydrogens is 164 g/mol. The second kappa shape index (κ2) is 4.69. The van der Waals surface area contributed by atoms with Gasteiger partial charge in [-0.2, -0.15) is 0 Å². The van der Waals surface area contributed by atoms with E-state index in [1.807, 2.05) is 18.7 Å². The molecule has 0 spiro atoms. The van der Waals surface area contributed by atoms with Gasteiger partial charge in [-0.25, -0.2) is 13.1 Å². The normalized spacial score (nSPS) is 12.4. The van der Waals surface area contributed by atoms with E-state index in [-0.39, 0.29) is 5.88 Å². The fourth-order valence-corrected chi connectivity index (χ4v) is 1.69. The molecule has 0 aliphatic rings. The first-order chi connectivity index (χ1) is 5.05. The van der Waals surface area contributed by atoms with E-state index in [1.165, 1.54) is 7.05 Å². The van der Waals surface area contributed by atoms with Crippen molar-refractivity contribution in [2.45, 2.75) is 13.8 Å². The van der Waals surface area contributed by atoms with E-state index in [0.29, 0.717) is 0 Å². The van der Waals surface area contributed by atoms with Crippen molar-refractivity contribution in [1.82, 2.24) is 9.62 Å². The summed E-state index contributed by atoms with van der Waals surface area (Å²) in [6.45, 7) is 5.40. The summed E-state index contributed by atoms with van der Waals surface area (Å²) < 4.78 is 24.2. The molecule has 0 aromatic rings. The maximum atomic E-state index is 11.0. The Balaban J connectivity index is 4.01. The Morgan fingerprint density at radius 1 is 1.27 bits per heavy atom. The Morgan fingerprint density at radius 2 is 1.73 bits per heavy atom. The summed E-state index contributed by atoms with van der Waals surface area (Å²) in [4.78, 5) is 1.84. The van der Waals surface area contributed by atoms with Crippen LogP contribution in [0.5, 0.6) is 0 Å². The van der Waals surface area contributed by atoms with Gasteiger partial charge in [0.25, 0.3) is 0 Å². The second-order valence-electron chi connectivity index (χ2n) is 2.25. The van der Waals surface area contributed by atoms with Crippen molar-refractivity contribution >= 4 is 10.0 Å². The Morgan fingerprint density at radius 3 is 2.00 bits per heavy atom. The highest BCUT2D eigenvalue weighted by molar-refractivity contribution is 7.89. The van der Waals surface area contributed by atoms with Crippen molar-refractivity contribution in [3.05, 3.63) is 0 Å². The SMILES string of the molecule is CCN(CC)CS(=O)(=O)NC. The minimum atomic E-state index is -3.07. The molecule has 0 saturated heterocycles. The average Bonchev–Trinajstić information content (AvgIpc) is 2.00. The van der Waals surface area contributed by atoms with E-state index in [4.69, 9.17) is 0 Å². The van der Waals surface area contributed by atoms with Crippen molar-refractivity contribution in [3.8, 4) is 0 Å². The molecule has 11 heavy (non-hydrogen) atoms. The maximum Gasteiger partial charge on any atom is 0.224 e. The number of sulfonamides is 1. The molecule has 0 bridgehead atoms. The van der Waals surface area contributed by atoms with Gasteiger partial charge in [0.1, 0.15) is 5.88 Å². The molecule has 0 aromatic heterocycles. The van der Waals surface area contributed by atoms with E-state index < -0.39 is 10.0 Å². The van der Waals surface area contributed by atoms with Crippen LogP contribution in [0, 0.1) is 0 Å². The Labute approximate surface area is 68.6 Å². The molecule has 0 aliphatic carbocycles. The van der Waals surface area contributed by atoms with Crippen LogP contribution in [0.3, 0.4) is 0 Å². The third-order valence-corrected chi connectivity index (χ3v) is 2.89. The van der Waals surface area contributed by atoms with Crippen LogP contribution in [0.25, 0.3) is 0 Å². The molecule has 4 nitrogen and oxygen atoms in total. The van der Waals surface area contributed by atoms with Crippen molar-refractivity contribution in [2.75, 3.05) is 26.0 Å². The van der Waals surface area contributed by atoms with Gasteiger partial charge < -0.3 is 0 Å². The van der Waals surface area contributed by atoms with Gasteiger partial charge in [0.05, 0.1) is 0 Å². The summed E-state index contributed by atoms with van der Waals surface area (Å²) in [6, 6.07) is 0. The average molecular weight is 180 g/mol. The lowest BCUT2D eigenvalue weighted by Gasteiger charge is -2.16. The molecule has 0 radical (unpaired) electrons. The molecule has 0 amide bonds. The lowest BCUT2D eigenvalue weighted by atomic mass is 10.6. The highest BCUT2D eigenvalue weighted by atomic mass is 32.2. The summed E-state index contributed by atoms with van der Waals surface area (Å²) in [7, 11) is -1.64. The highest BCUT2D eigenvalue weighted by Crippen LogP contribution is 1.91. The number of nitrogens with one attached hydrogen (secondary N) is 1. The third-order valence-electron chi connectivity index (χ3n) is 1.56. The van der Waals surface area contributed by atoms with Crippen molar-refractivity contribution in [2.24, 2.45) is 0 Å². The lowest BCUT2D eigenvalue weighted by molar-refractivity contribution is 0.347. The topological polar surface area (TPSA) is 49.4 Å². The number of hydrogen-bond donors (Lipinski definition) is 1. The quantitative estimate of drug-likeness (QED) is 0.639. The minimum absolute atomic E-state index is 0.0938. The molecule has 0 saturated carbocycles. The molecule has 0 aromatic carbocycles. The van der Waals surface area contributed by atoms with Gasteiger partial charge in [-0.15, -0.1) is 0 Å². The first-order valence-electron chi connectivity index (χ1n) is 3.69. The first-order valence-corrected chi connectivity index (χ1v) is 5.34. The highest BCUT2D eigenvalue weighted by Gasteiger charge is 2.10. The zero-order valence-electron chi connectivity index (χ0n) is 7.29. The van der Waals surface area contributed by atoms with Gasteiger partial charge in [0.2, 0.25) is 10.0 Å². The second-order valence-corrected chi connectivity index (χ2v) is 4.15. The number of hydrogen-bond acceptors (Lipinski definition) is 3. The minimum Gasteiger partial charge on any atom is -0.289 e. The van der Waals surface area contributed by atoms with Crippen molar-refractivity contribution < 1.29 is 8.42 Å². The standard InChI is InChI=1S/C6H16N2O2S/c1-4-8(5-2)6-11(9,10)7-3/h7H,4-6H2,1-3H3. The summed E-state index contributed by atoms with van der Waals surface area (Å²) in [6.07, 6.45) is 0. The van der Waals surface area contributed by atoms with E-state index in [9.17, 15) is 8.42 Å². The molecule has 1 N–H and O–H groups in total. The van der Waals surface area contributed by atoms with Crippen molar-refractivity contribution in [1.29, 1.82) is 0 Å². The largest absolute Gasteiger partial charge is 0.289 e. The van der Waals surface area contributed by atoms with Crippen LogP contribution in [0.15, 0.2) is 0 Å². The predicted octanol–water partition coefficient (Wildman–Crippen LogP) is -0.165. The summed E-state index contributed by atoms with van der Waals surface area (Å²) in [5.74, 6) is 0.0938. The first kappa shape index (κ1) is 10.9. The van der Waals surface area contributed by atoms with Crippen LogP contribution in [-0.4, -0.2) is 39.3 Å². The van der Waals surface area contributed by atoms with Gasteiger partial charge in [0, 0.05) is 0 Å². The third kappa shape index (κ3) is 4.34. The summed E-state index contributed by atoms with van der Waals surface area (Å²) in [5.41, 5.74) is 0. The van der Waals surface area contributed by atoms with Gasteiger partial charge in [-0.1, -0.05) is 13.8 Å². The van der Waals surface area contributed by atoms with Crippen LogP contribution in [0.1, 0.15) is 13.8 Å². The molecule has 68 valence electrons. The summed E-state index contributed by atoms with van der Waals surface area (Å²) in [5, 5.41) is 0. The zero-order valence-corrected chi connectivity index (χ0v) is 8.11. The van der Waals surface area contributed by atoms with E-state index in [2.05, 4.69) is 4.72 Å². The predicted molar refractivity (Wildman–Crippen MR) is 45.8 cm³/mol. The number of nitrogens with zero attached hydrogens (tertiary/aromatic N) is 1. The van der Waals surface area contributed by atoms with E-state index >= 15 is 0 Å². The molecule has 0 unspecified atom stereocenters. The van der Waals surface area contributed by atoms with Crippen LogP contribution >= 0.6 is 0 Å². The fourth-order valence-electron chi connectivity index (χ4n) is 0.711. The maximum absolute atomic E-state index is 11.0. The molecule has 0 aliphatic heterocycles. The van der Waals surface area contributed by atoms with Crippen LogP contribution < -0.4 is 4.72 Å². The molecular formula is C6H16N2O2S. The van der Waals surface area contributed by atoms with Gasteiger partial charge in [-0.3, -0.25) is 4.90 Å². The van der Waals surface area contributed by atoms with Gasteiger partial charge in [-0.05, 0) is 20.1 Å². The van der Waals surface area contributed by atoms with Crippen molar-refractivity contribution in [3.63, 3.8) is 0 Å². The van der Waals surface area contributed by atoms with Crippen LogP contribution in [-0.2, 0) is 10.0 Å². The van der Waals surface area contributed by atoms with Gasteiger partial charge >= 0.3 is 0 Å². The molecule has 0 fully saturated rings. The van der Waals surface area contributed by atoms with Crippen LogP contribution in [0.2, 0.25) is 0 Å².